The van der Waals surface area contributed by atoms with E-state index < -0.39 is 5.97 Å². The van der Waals surface area contributed by atoms with E-state index in [-0.39, 0.29) is 11.5 Å². The van der Waals surface area contributed by atoms with Gasteiger partial charge in [-0.25, -0.2) is 14.8 Å². The van der Waals surface area contributed by atoms with Gasteiger partial charge < -0.3 is 9.84 Å². The van der Waals surface area contributed by atoms with Gasteiger partial charge in [-0.05, 0) is 29.7 Å². The smallest absolute Gasteiger partial charge is 0.339 e. The lowest BCUT2D eigenvalue weighted by atomic mass is 10.1. The summed E-state index contributed by atoms with van der Waals surface area (Å²) >= 11 is 0. The van der Waals surface area contributed by atoms with Gasteiger partial charge in [0.1, 0.15) is 12.4 Å². The Morgan fingerprint density at radius 2 is 2.08 bits per heavy atom. The van der Waals surface area contributed by atoms with Crippen molar-refractivity contribution in [3.8, 4) is 5.75 Å². The first kappa shape index (κ1) is 15.9. The van der Waals surface area contributed by atoms with Crippen molar-refractivity contribution in [2.75, 3.05) is 6.61 Å². The molecule has 0 bridgehead atoms. The molecule has 0 saturated carbocycles. The van der Waals surface area contributed by atoms with Gasteiger partial charge in [-0.2, -0.15) is 0 Å². The number of aromatic nitrogens is 2. The third-order valence-electron chi connectivity index (χ3n) is 3.71. The summed E-state index contributed by atoms with van der Waals surface area (Å²) < 4.78 is 5.70. The Morgan fingerprint density at radius 3 is 2.83 bits per heavy atom. The molecule has 0 fully saturated rings. The molecular formula is C19H18N2O3. The lowest BCUT2D eigenvalue weighted by Gasteiger charge is -2.15. The van der Waals surface area contributed by atoms with Crippen molar-refractivity contribution in [3.63, 3.8) is 0 Å². The molecule has 2 aromatic rings. The average Bonchev–Trinajstić information content (AvgIpc) is 2.59. The molecule has 1 aliphatic rings. The monoisotopic (exact) mass is 322 g/mol. The largest absolute Gasteiger partial charge is 0.488 e. The summed E-state index contributed by atoms with van der Waals surface area (Å²) in [5.41, 5.74) is 2.73. The van der Waals surface area contributed by atoms with E-state index in [1.165, 1.54) is 6.20 Å². The molecule has 1 N–H and O–H groups in total. The minimum Gasteiger partial charge on any atom is -0.488 e. The predicted molar refractivity (Wildman–Crippen MR) is 92.0 cm³/mol. The van der Waals surface area contributed by atoms with Crippen LogP contribution in [0.2, 0.25) is 0 Å². The van der Waals surface area contributed by atoms with Crippen LogP contribution in [0.4, 0.5) is 0 Å². The van der Waals surface area contributed by atoms with Gasteiger partial charge in [-0.15, -0.1) is 0 Å². The number of aromatic carboxylic acids is 1. The lowest BCUT2D eigenvalue weighted by molar-refractivity contribution is 0.0694. The van der Waals surface area contributed by atoms with Crippen LogP contribution in [-0.2, 0) is 0 Å². The molecule has 3 rings (SSSR count). The van der Waals surface area contributed by atoms with Crippen LogP contribution in [0.25, 0.3) is 12.2 Å². The summed E-state index contributed by atoms with van der Waals surface area (Å²) in [5, 5.41) is 9.21. The minimum absolute atomic E-state index is 0.00959. The normalized spacial score (nSPS) is 13.5. The highest BCUT2D eigenvalue weighted by atomic mass is 16.5. The van der Waals surface area contributed by atoms with Gasteiger partial charge in [-0.3, -0.25) is 0 Å². The molecule has 0 saturated heterocycles. The first-order chi connectivity index (χ1) is 11.5. The second-order valence-electron chi connectivity index (χ2n) is 5.87. The van der Waals surface area contributed by atoms with Gasteiger partial charge in [0, 0.05) is 11.8 Å². The maximum absolute atomic E-state index is 11.2. The van der Waals surface area contributed by atoms with Crippen molar-refractivity contribution in [2.24, 2.45) is 0 Å². The number of para-hydroxylation sites is 1. The highest BCUT2D eigenvalue weighted by molar-refractivity contribution is 5.88. The van der Waals surface area contributed by atoms with Crippen molar-refractivity contribution >= 4 is 18.1 Å². The van der Waals surface area contributed by atoms with Gasteiger partial charge in [-0.1, -0.05) is 38.1 Å². The van der Waals surface area contributed by atoms with E-state index in [9.17, 15) is 9.90 Å². The molecule has 0 aliphatic carbocycles. The molecule has 0 atom stereocenters. The Balaban J connectivity index is 1.86. The quantitative estimate of drug-likeness (QED) is 0.927. The predicted octanol–water partition coefficient (Wildman–Crippen LogP) is 3.79. The fraction of sp³-hybridized carbons (Fsp3) is 0.211. The maximum atomic E-state index is 11.2. The zero-order valence-corrected chi connectivity index (χ0v) is 13.6. The van der Waals surface area contributed by atoms with Crippen molar-refractivity contribution in [1.82, 2.24) is 9.97 Å². The molecule has 0 spiro atoms. The molecule has 1 aromatic heterocycles. The van der Waals surface area contributed by atoms with Crippen LogP contribution in [0, 0.1) is 0 Å². The Bertz CT molecular complexity index is 838. The van der Waals surface area contributed by atoms with Crippen molar-refractivity contribution in [2.45, 2.75) is 19.8 Å². The Labute approximate surface area is 140 Å². The van der Waals surface area contributed by atoms with Crippen LogP contribution in [0.5, 0.6) is 5.75 Å². The van der Waals surface area contributed by atoms with E-state index in [1.54, 1.807) is 6.08 Å². The number of hydrogen-bond acceptors (Lipinski definition) is 4. The Kier molecular flexibility index (Phi) is 4.42. The van der Waals surface area contributed by atoms with E-state index >= 15 is 0 Å². The maximum Gasteiger partial charge on any atom is 0.339 e. The number of nitrogens with zero attached hydrogens (tertiary/aromatic N) is 2. The summed E-state index contributed by atoms with van der Waals surface area (Å²) in [6.07, 6.45) is 7.10. The number of carbonyl (C=O) groups is 1. The highest BCUT2D eigenvalue weighted by Gasteiger charge is 2.15. The zero-order valence-electron chi connectivity index (χ0n) is 13.6. The number of hydrogen-bond donors (Lipinski definition) is 1. The molecule has 5 heteroatoms. The number of benzene rings is 1. The summed E-state index contributed by atoms with van der Waals surface area (Å²) in [4.78, 5) is 19.7. The molecule has 2 heterocycles. The number of ether oxygens (including phenoxy) is 1. The van der Waals surface area contributed by atoms with Crippen molar-refractivity contribution in [3.05, 3.63) is 64.8 Å². The summed E-state index contributed by atoms with van der Waals surface area (Å²) in [6.45, 7) is 4.31. The van der Waals surface area contributed by atoms with Crippen LogP contribution in [0.3, 0.4) is 0 Å². The van der Waals surface area contributed by atoms with E-state index in [1.807, 2.05) is 44.2 Å². The van der Waals surface area contributed by atoms with E-state index in [2.05, 4.69) is 16.0 Å². The van der Waals surface area contributed by atoms with Crippen LogP contribution >= 0.6 is 0 Å². The molecule has 0 radical (unpaired) electrons. The third kappa shape index (κ3) is 3.35. The van der Waals surface area contributed by atoms with Gasteiger partial charge in [0.05, 0.1) is 11.3 Å². The van der Waals surface area contributed by atoms with Gasteiger partial charge in [0.15, 0.2) is 5.82 Å². The molecule has 0 amide bonds. The van der Waals surface area contributed by atoms with Crippen LogP contribution in [0.1, 0.15) is 47.2 Å². The first-order valence-corrected chi connectivity index (χ1v) is 7.75. The van der Waals surface area contributed by atoms with Gasteiger partial charge >= 0.3 is 5.97 Å². The second-order valence-corrected chi connectivity index (χ2v) is 5.87. The molecule has 122 valence electrons. The Hall–Kier alpha value is -2.95. The number of carboxylic acid groups (broad SMARTS) is 1. The van der Waals surface area contributed by atoms with Gasteiger partial charge in [0.25, 0.3) is 0 Å². The summed E-state index contributed by atoms with van der Waals surface area (Å²) in [7, 11) is 0. The zero-order chi connectivity index (χ0) is 17.1. The lowest BCUT2D eigenvalue weighted by Crippen LogP contribution is -2.09. The Morgan fingerprint density at radius 1 is 1.29 bits per heavy atom. The van der Waals surface area contributed by atoms with Crippen LogP contribution in [-0.4, -0.2) is 27.7 Å². The van der Waals surface area contributed by atoms with Crippen LogP contribution in [0.15, 0.2) is 42.1 Å². The van der Waals surface area contributed by atoms with E-state index in [0.717, 1.165) is 16.9 Å². The van der Waals surface area contributed by atoms with Crippen molar-refractivity contribution in [1.29, 1.82) is 0 Å². The number of carboxylic acids is 1. The molecule has 5 nitrogen and oxygen atoms in total. The van der Waals surface area contributed by atoms with Gasteiger partial charge in [0.2, 0.25) is 0 Å². The number of rotatable bonds is 4. The minimum atomic E-state index is -1.01. The van der Waals surface area contributed by atoms with E-state index in [4.69, 9.17) is 4.74 Å². The second kappa shape index (κ2) is 6.66. The molecule has 1 aliphatic heterocycles. The van der Waals surface area contributed by atoms with Crippen molar-refractivity contribution < 1.29 is 14.6 Å². The highest BCUT2D eigenvalue weighted by Crippen LogP contribution is 2.26. The van der Waals surface area contributed by atoms with E-state index in [0.29, 0.717) is 18.1 Å². The fourth-order valence-corrected chi connectivity index (χ4v) is 2.51. The fourth-order valence-electron chi connectivity index (χ4n) is 2.51. The number of fused-ring (bicyclic) bond motifs is 1. The summed E-state index contributed by atoms with van der Waals surface area (Å²) in [5.74, 6) is 0.367. The molecular weight excluding hydrogens is 304 g/mol. The molecule has 0 unspecified atom stereocenters. The molecule has 24 heavy (non-hydrogen) atoms. The summed E-state index contributed by atoms with van der Waals surface area (Å²) in [6, 6.07) is 7.85. The molecule has 1 aromatic carbocycles. The average molecular weight is 322 g/mol. The first-order valence-electron chi connectivity index (χ1n) is 7.75. The third-order valence-corrected chi connectivity index (χ3v) is 3.71. The SMILES string of the molecule is CC(C)c1nc(C=CC2=Cc3ccccc3OC2)ncc1C(=O)O. The topological polar surface area (TPSA) is 72.3 Å². The standard InChI is InChI=1S/C19H18N2O3/c1-12(2)18-15(19(22)23)10-20-17(21-18)8-7-13-9-14-5-3-4-6-16(14)24-11-13/h3-10,12H,11H2,1-2H3,(H,22,23). The van der Waals surface area contributed by atoms with Crippen LogP contribution < -0.4 is 4.74 Å².